The molecule has 3 saturated carbocycles. The summed E-state index contributed by atoms with van der Waals surface area (Å²) in [6.07, 6.45) is 25.5. The Morgan fingerprint density at radius 3 is 1.05 bits per heavy atom. The second kappa shape index (κ2) is 7.81. The van der Waals surface area contributed by atoms with Gasteiger partial charge in [0.1, 0.15) is 0 Å². The molecule has 3 aliphatic carbocycles. The molecule has 1 heteroatoms. The molecule has 0 aliphatic heterocycles. The summed E-state index contributed by atoms with van der Waals surface area (Å²) in [6, 6.07) is 0. The van der Waals surface area contributed by atoms with Gasteiger partial charge in [-0.05, 0) is 0 Å². The summed E-state index contributed by atoms with van der Waals surface area (Å²) in [5, 5.41) is 0. The fourth-order valence-corrected chi connectivity index (χ4v) is 15.0. The summed E-state index contributed by atoms with van der Waals surface area (Å²) in [4.78, 5) is 0. The van der Waals surface area contributed by atoms with Crippen molar-refractivity contribution < 1.29 is 0 Å². The van der Waals surface area contributed by atoms with E-state index in [-0.39, 0.29) is 0 Å². The van der Waals surface area contributed by atoms with Gasteiger partial charge in [0.25, 0.3) is 0 Å². The minimum absolute atomic E-state index is 1.07. The molecule has 0 nitrogen and oxygen atoms in total. The molecule has 0 radical (unpaired) electrons. The summed E-state index contributed by atoms with van der Waals surface area (Å²) < 4.78 is 0. The van der Waals surface area contributed by atoms with E-state index in [1.54, 1.807) is 102 Å². The third-order valence-electron chi connectivity index (χ3n) is 7.71. The van der Waals surface area contributed by atoms with Gasteiger partial charge in [-0.25, -0.2) is 0 Å². The maximum absolute atomic E-state index is 2.63. The van der Waals surface area contributed by atoms with Crippen LogP contribution in [0.4, 0.5) is 0 Å². The van der Waals surface area contributed by atoms with E-state index in [1.165, 1.54) is 17.0 Å². The molecule has 0 N–H and O–H groups in total. The van der Waals surface area contributed by atoms with E-state index in [2.05, 4.69) is 6.92 Å². The van der Waals surface area contributed by atoms with E-state index >= 15 is 0 Å². The van der Waals surface area contributed by atoms with Gasteiger partial charge in [0.05, 0.1) is 0 Å². The average molecular weight is 311 g/mol. The van der Waals surface area contributed by atoms with Gasteiger partial charge in [0.2, 0.25) is 0 Å². The van der Waals surface area contributed by atoms with E-state index in [1.807, 2.05) is 0 Å². The quantitative estimate of drug-likeness (QED) is 0.503. The van der Waals surface area contributed by atoms with Crippen LogP contribution < -0.4 is 0 Å². The van der Waals surface area contributed by atoms with Gasteiger partial charge in [0, 0.05) is 0 Å². The van der Waals surface area contributed by atoms with Crippen LogP contribution in [0.15, 0.2) is 0 Å². The van der Waals surface area contributed by atoms with E-state index in [9.17, 15) is 0 Å². The van der Waals surface area contributed by atoms with Crippen LogP contribution in [0.25, 0.3) is 0 Å². The van der Waals surface area contributed by atoms with Crippen LogP contribution in [0.2, 0.25) is 0 Å². The molecule has 3 aliphatic rings. The fourth-order valence-electron chi connectivity index (χ4n) is 6.79. The van der Waals surface area contributed by atoms with Crippen molar-refractivity contribution in [3.05, 3.63) is 0 Å². The van der Waals surface area contributed by atoms with Crippen LogP contribution in [0.3, 0.4) is 0 Å². The average Bonchev–Trinajstić information content (AvgIpc) is 2.59. The molecule has 0 heterocycles. The number of rotatable bonds is 4. The van der Waals surface area contributed by atoms with E-state index in [4.69, 9.17) is 0 Å². The van der Waals surface area contributed by atoms with Gasteiger partial charge < -0.3 is 0 Å². The van der Waals surface area contributed by atoms with E-state index < -0.39 is 7.26 Å². The molecular weight excluding hydrogens is 271 g/mol. The molecule has 124 valence electrons. The Balaban J connectivity index is 1.85. The van der Waals surface area contributed by atoms with Crippen LogP contribution in [0.1, 0.15) is 103 Å². The molecule has 3 rings (SSSR count). The minimum atomic E-state index is -1.07. The zero-order chi connectivity index (χ0) is 14.5. The van der Waals surface area contributed by atoms with Crippen LogP contribution in [-0.2, 0) is 0 Å². The van der Waals surface area contributed by atoms with Gasteiger partial charge in [-0.1, -0.05) is 0 Å². The number of hydrogen-bond acceptors (Lipinski definition) is 0. The van der Waals surface area contributed by atoms with Crippen molar-refractivity contribution in [1.82, 2.24) is 0 Å². The molecule has 0 aromatic heterocycles. The first kappa shape index (κ1) is 16.3. The Hall–Kier alpha value is 0.430. The standard InChI is InChI=1S/C20H39P/c1-2-21(18-12-6-3-7-13-18,19-14-8-4-9-15-19)20-16-10-5-11-17-20/h18-21H,2-17H2,1H3. The zero-order valence-electron chi connectivity index (χ0n) is 14.5. The normalized spacial score (nSPS) is 28.6. The first-order valence-electron chi connectivity index (χ1n) is 10.4. The summed E-state index contributed by atoms with van der Waals surface area (Å²) in [5.41, 5.74) is 3.67. The van der Waals surface area contributed by atoms with Crippen LogP contribution in [-0.4, -0.2) is 23.1 Å². The van der Waals surface area contributed by atoms with Gasteiger partial charge in [0.15, 0.2) is 0 Å². The third kappa shape index (κ3) is 3.36. The third-order valence-corrected chi connectivity index (χ3v) is 15.2. The second-order valence-corrected chi connectivity index (χ2v) is 13.9. The Kier molecular flexibility index (Phi) is 6.06. The Bertz CT molecular complexity index is 247. The first-order chi connectivity index (χ1) is 10.4. The molecule has 0 atom stereocenters. The second-order valence-electron chi connectivity index (χ2n) is 8.47. The summed E-state index contributed by atoms with van der Waals surface area (Å²) in [5.74, 6) is 0. The van der Waals surface area contributed by atoms with Gasteiger partial charge >= 0.3 is 134 Å². The zero-order valence-corrected chi connectivity index (χ0v) is 15.5. The van der Waals surface area contributed by atoms with Crippen molar-refractivity contribution in [2.45, 2.75) is 120 Å². The molecule has 0 saturated heterocycles. The predicted molar refractivity (Wildman–Crippen MR) is 99.5 cm³/mol. The van der Waals surface area contributed by atoms with E-state index in [0.717, 1.165) is 0 Å². The SMILES string of the molecule is CC[PH](C1CCCCC1)(C1CCCCC1)C1CCCCC1. The molecule has 0 unspecified atom stereocenters. The molecule has 0 aromatic rings. The molecular formula is C20H39P. The van der Waals surface area contributed by atoms with Crippen LogP contribution in [0, 0.1) is 0 Å². The Morgan fingerprint density at radius 1 is 0.524 bits per heavy atom. The van der Waals surface area contributed by atoms with Gasteiger partial charge in [-0.3, -0.25) is 0 Å². The van der Waals surface area contributed by atoms with Crippen molar-refractivity contribution in [2.24, 2.45) is 0 Å². The first-order valence-corrected chi connectivity index (χ1v) is 12.8. The molecule has 21 heavy (non-hydrogen) atoms. The summed E-state index contributed by atoms with van der Waals surface area (Å²) >= 11 is 0. The van der Waals surface area contributed by atoms with Crippen molar-refractivity contribution >= 4 is 7.26 Å². The van der Waals surface area contributed by atoms with Gasteiger partial charge in [-0.15, -0.1) is 0 Å². The van der Waals surface area contributed by atoms with Crippen molar-refractivity contribution in [1.29, 1.82) is 0 Å². The van der Waals surface area contributed by atoms with Crippen molar-refractivity contribution in [3.8, 4) is 0 Å². The van der Waals surface area contributed by atoms with Crippen molar-refractivity contribution in [3.63, 3.8) is 0 Å². The molecule has 3 fully saturated rings. The predicted octanol–water partition coefficient (Wildman–Crippen LogP) is 6.75. The topological polar surface area (TPSA) is 0 Å². The summed E-state index contributed by atoms with van der Waals surface area (Å²) in [6.45, 7) is 2.63. The Morgan fingerprint density at radius 2 is 0.810 bits per heavy atom. The number of hydrogen-bond donors (Lipinski definition) is 0. The Labute approximate surface area is 134 Å². The molecule has 0 amide bonds. The van der Waals surface area contributed by atoms with Crippen LogP contribution in [0.5, 0.6) is 0 Å². The maximum atomic E-state index is 2.63. The van der Waals surface area contributed by atoms with Crippen molar-refractivity contribution in [2.75, 3.05) is 6.16 Å². The summed E-state index contributed by atoms with van der Waals surface area (Å²) in [7, 11) is -1.07. The molecule has 0 spiro atoms. The molecule has 0 bridgehead atoms. The van der Waals surface area contributed by atoms with Gasteiger partial charge in [-0.2, -0.15) is 0 Å². The monoisotopic (exact) mass is 310 g/mol. The van der Waals surface area contributed by atoms with E-state index in [0.29, 0.717) is 0 Å². The van der Waals surface area contributed by atoms with Crippen LogP contribution >= 0.6 is 7.26 Å². The fraction of sp³-hybridized carbons (Fsp3) is 1.00. The molecule has 0 aromatic carbocycles.